The Morgan fingerprint density at radius 1 is 0.594 bits per heavy atom. The minimum Gasteiger partial charge on any atom is -0.487 e. The molecule has 7 nitrogen and oxygen atoms in total. The highest BCUT2D eigenvalue weighted by molar-refractivity contribution is 5.93. The van der Waals surface area contributed by atoms with Crippen LogP contribution in [0.5, 0.6) is 23.0 Å². The number of para-hydroxylation sites is 4. The summed E-state index contributed by atoms with van der Waals surface area (Å²) < 4.78 is 22.2. The van der Waals surface area contributed by atoms with E-state index < -0.39 is 11.9 Å². The monoisotopic (exact) mass is 435 g/mol. The third-order valence-electron chi connectivity index (χ3n) is 4.00. The van der Waals surface area contributed by atoms with Crippen LogP contribution >= 0.6 is 0 Å². The van der Waals surface area contributed by atoms with E-state index in [1.807, 2.05) is 27.7 Å². The number of esters is 2. The minimum absolute atomic E-state index is 0.0366. The summed E-state index contributed by atoms with van der Waals surface area (Å²) in [5.41, 5.74) is -0.0731. The van der Waals surface area contributed by atoms with E-state index >= 15 is 0 Å². The number of carbonyl (C=O) groups is 2. The lowest BCUT2D eigenvalue weighted by Gasteiger charge is -2.14. The van der Waals surface area contributed by atoms with Crippen LogP contribution < -0.4 is 18.9 Å². The number of pyridine rings is 1. The lowest BCUT2D eigenvalue weighted by atomic mass is 10.3. The number of benzene rings is 2. The molecule has 0 aliphatic carbocycles. The number of nitrogens with zero attached hydrogens (tertiary/aromatic N) is 1. The smallest absolute Gasteiger partial charge is 0.362 e. The van der Waals surface area contributed by atoms with E-state index in [-0.39, 0.29) is 35.1 Å². The van der Waals surface area contributed by atoms with E-state index in [1.165, 1.54) is 18.2 Å². The van der Waals surface area contributed by atoms with E-state index in [2.05, 4.69) is 4.98 Å². The molecule has 3 aromatic rings. The predicted octanol–water partition coefficient (Wildman–Crippen LogP) is 5.09. The van der Waals surface area contributed by atoms with Crippen LogP contribution in [0.3, 0.4) is 0 Å². The van der Waals surface area contributed by atoms with Gasteiger partial charge in [0.05, 0.1) is 12.2 Å². The molecule has 0 N–H and O–H groups in total. The lowest BCUT2D eigenvalue weighted by molar-refractivity contribution is 0.0712. The first-order valence-electron chi connectivity index (χ1n) is 10.3. The Kier molecular flexibility index (Phi) is 7.44. The van der Waals surface area contributed by atoms with Crippen LogP contribution in [-0.2, 0) is 0 Å². The maximum Gasteiger partial charge on any atom is 0.362 e. The van der Waals surface area contributed by atoms with Crippen LogP contribution in [0.2, 0.25) is 0 Å². The van der Waals surface area contributed by atoms with E-state index in [1.54, 1.807) is 48.5 Å². The van der Waals surface area contributed by atoms with E-state index in [4.69, 9.17) is 18.9 Å². The van der Waals surface area contributed by atoms with Crippen LogP contribution in [0.1, 0.15) is 48.7 Å². The van der Waals surface area contributed by atoms with Crippen LogP contribution in [-0.4, -0.2) is 29.1 Å². The molecule has 1 aromatic heterocycles. The van der Waals surface area contributed by atoms with Gasteiger partial charge in [-0.1, -0.05) is 30.3 Å². The van der Waals surface area contributed by atoms with Crippen molar-refractivity contribution in [3.8, 4) is 23.0 Å². The molecule has 0 bridgehead atoms. The van der Waals surface area contributed by atoms with Gasteiger partial charge in [-0.25, -0.2) is 14.6 Å². The largest absolute Gasteiger partial charge is 0.487 e. The highest BCUT2D eigenvalue weighted by atomic mass is 16.6. The van der Waals surface area contributed by atoms with Crippen molar-refractivity contribution in [3.05, 3.63) is 78.1 Å². The zero-order valence-corrected chi connectivity index (χ0v) is 18.4. The molecule has 0 aliphatic heterocycles. The number of hydrogen-bond donors (Lipinski definition) is 0. The molecule has 0 atom stereocenters. The van der Waals surface area contributed by atoms with Gasteiger partial charge in [0, 0.05) is 0 Å². The summed E-state index contributed by atoms with van der Waals surface area (Å²) in [4.78, 5) is 29.4. The number of hydrogen-bond acceptors (Lipinski definition) is 7. The summed E-state index contributed by atoms with van der Waals surface area (Å²) in [6.07, 6.45) is -0.178. The molecule has 0 saturated heterocycles. The third-order valence-corrected chi connectivity index (χ3v) is 4.00. The maximum absolute atomic E-state index is 12.6. The van der Waals surface area contributed by atoms with Gasteiger partial charge in [-0.3, -0.25) is 0 Å². The molecule has 166 valence electrons. The number of rotatable bonds is 8. The van der Waals surface area contributed by atoms with Gasteiger partial charge >= 0.3 is 11.9 Å². The van der Waals surface area contributed by atoms with Crippen molar-refractivity contribution in [3.63, 3.8) is 0 Å². The third kappa shape index (κ3) is 6.07. The topological polar surface area (TPSA) is 84.0 Å². The highest BCUT2D eigenvalue weighted by Gasteiger charge is 2.19. The summed E-state index contributed by atoms with van der Waals surface area (Å²) in [5.74, 6) is -0.0335. The molecule has 0 unspecified atom stereocenters. The first-order chi connectivity index (χ1) is 15.3. The summed E-state index contributed by atoms with van der Waals surface area (Å²) >= 11 is 0. The Bertz CT molecular complexity index is 1010. The van der Waals surface area contributed by atoms with Gasteiger partial charge in [0.25, 0.3) is 0 Å². The van der Waals surface area contributed by atoms with Gasteiger partial charge in [-0.15, -0.1) is 0 Å². The van der Waals surface area contributed by atoms with E-state index in [0.29, 0.717) is 11.5 Å². The molecule has 1 heterocycles. The molecule has 2 aromatic carbocycles. The molecular weight excluding hydrogens is 410 g/mol. The fourth-order valence-electron chi connectivity index (χ4n) is 2.74. The van der Waals surface area contributed by atoms with Gasteiger partial charge < -0.3 is 18.9 Å². The molecule has 0 aliphatic rings. The zero-order chi connectivity index (χ0) is 23.1. The van der Waals surface area contributed by atoms with Crippen molar-refractivity contribution in [1.82, 2.24) is 4.98 Å². The first kappa shape index (κ1) is 22.8. The number of ether oxygens (including phenoxy) is 4. The van der Waals surface area contributed by atoms with Crippen molar-refractivity contribution >= 4 is 11.9 Å². The van der Waals surface area contributed by atoms with Crippen LogP contribution in [0.15, 0.2) is 66.7 Å². The van der Waals surface area contributed by atoms with Crippen molar-refractivity contribution in [1.29, 1.82) is 0 Å². The molecule has 3 rings (SSSR count). The van der Waals surface area contributed by atoms with Crippen molar-refractivity contribution in [2.75, 3.05) is 0 Å². The summed E-state index contributed by atoms with van der Waals surface area (Å²) in [6, 6.07) is 18.1. The highest BCUT2D eigenvalue weighted by Crippen LogP contribution is 2.29. The second-order valence-corrected chi connectivity index (χ2v) is 7.41. The van der Waals surface area contributed by atoms with Gasteiger partial charge in [0.15, 0.2) is 23.0 Å². The molecule has 0 spiro atoms. The Morgan fingerprint density at radius 2 is 0.969 bits per heavy atom. The van der Waals surface area contributed by atoms with Crippen LogP contribution in [0.25, 0.3) is 0 Å². The van der Waals surface area contributed by atoms with Gasteiger partial charge in [0.2, 0.25) is 0 Å². The second-order valence-electron chi connectivity index (χ2n) is 7.41. The van der Waals surface area contributed by atoms with Crippen LogP contribution in [0, 0.1) is 0 Å². The normalized spacial score (nSPS) is 10.7. The van der Waals surface area contributed by atoms with Crippen molar-refractivity contribution in [2.24, 2.45) is 0 Å². The molecule has 0 radical (unpaired) electrons. The number of carbonyl (C=O) groups excluding carboxylic acids is 2. The zero-order valence-electron chi connectivity index (χ0n) is 18.4. The first-order valence-corrected chi connectivity index (χ1v) is 10.3. The maximum atomic E-state index is 12.6. The van der Waals surface area contributed by atoms with E-state index in [9.17, 15) is 9.59 Å². The Labute approximate surface area is 186 Å². The number of aromatic nitrogens is 1. The molecule has 32 heavy (non-hydrogen) atoms. The van der Waals surface area contributed by atoms with Gasteiger partial charge in [0.1, 0.15) is 11.4 Å². The Balaban J connectivity index is 1.76. The average molecular weight is 435 g/mol. The average Bonchev–Trinajstić information content (AvgIpc) is 2.76. The molecule has 0 fully saturated rings. The molecule has 7 heteroatoms. The molecule has 0 saturated carbocycles. The lowest BCUT2D eigenvalue weighted by Crippen LogP contribution is -2.17. The standard InChI is InChI=1S/C25H25NO6/c1-16(2)29-20-12-5-7-14-22(20)31-24(27)18-10-9-11-19(26-18)25(28)32-23-15-8-6-13-21(23)30-17(3)4/h5-17H,1-4H3. The van der Waals surface area contributed by atoms with Crippen molar-refractivity contribution < 1.29 is 28.5 Å². The fraction of sp³-hybridized carbons (Fsp3) is 0.240. The fourth-order valence-corrected chi connectivity index (χ4v) is 2.74. The minimum atomic E-state index is -0.719. The molecule has 0 amide bonds. The Hall–Kier alpha value is -3.87. The van der Waals surface area contributed by atoms with E-state index in [0.717, 1.165) is 0 Å². The van der Waals surface area contributed by atoms with Gasteiger partial charge in [-0.05, 0) is 64.1 Å². The second kappa shape index (κ2) is 10.4. The summed E-state index contributed by atoms with van der Waals surface area (Å²) in [6.45, 7) is 7.50. The van der Waals surface area contributed by atoms with Crippen LogP contribution in [0.4, 0.5) is 0 Å². The SMILES string of the molecule is CC(C)Oc1ccccc1OC(=O)c1cccc(C(=O)Oc2ccccc2OC(C)C)n1. The molecular formula is C25H25NO6. The van der Waals surface area contributed by atoms with Gasteiger partial charge in [-0.2, -0.15) is 0 Å². The Morgan fingerprint density at radius 3 is 1.34 bits per heavy atom. The van der Waals surface area contributed by atoms with Crippen molar-refractivity contribution in [2.45, 2.75) is 39.9 Å². The summed E-state index contributed by atoms with van der Waals surface area (Å²) in [5, 5.41) is 0. The quantitative estimate of drug-likeness (QED) is 0.360. The predicted molar refractivity (Wildman–Crippen MR) is 119 cm³/mol. The summed E-state index contributed by atoms with van der Waals surface area (Å²) in [7, 11) is 0.